The molecule has 0 saturated heterocycles. The molecule has 156 valence electrons. The van der Waals surface area contributed by atoms with E-state index in [0.29, 0.717) is 23.6 Å². The van der Waals surface area contributed by atoms with Crippen LogP contribution in [0.25, 0.3) is 16.9 Å². The molecule has 7 heteroatoms. The number of nitrogens with zero attached hydrogens (tertiary/aromatic N) is 2. The SMILES string of the molecule is CCCNC(=O)CNC(=O)c1cn(-c2ccc(C)cc2)nc1-c1cccc(OC)c1. The smallest absolute Gasteiger partial charge is 0.255 e. The van der Waals surface area contributed by atoms with Crippen LogP contribution in [0.15, 0.2) is 54.7 Å². The highest BCUT2D eigenvalue weighted by Gasteiger charge is 2.19. The zero-order chi connectivity index (χ0) is 21.5. The predicted octanol–water partition coefficient (Wildman–Crippen LogP) is 3.11. The topological polar surface area (TPSA) is 85.3 Å². The Morgan fingerprint density at radius 3 is 2.57 bits per heavy atom. The largest absolute Gasteiger partial charge is 0.497 e. The van der Waals surface area contributed by atoms with Crippen LogP contribution in [0.1, 0.15) is 29.3 Å². The molecule has 3 rings (SSSR count). The minimum Gasteiger partial charge on any atom is -0.497 e. The van der Waals surface area contributed by atoms with E-state index in [-0.39, 0.29) is 18.4 Å². The van der Waals surface area contributed by atoms with Gasteiger partial charge in [-0.3, -0.25) is 9.59 Å². The Morgan fingerprint density at radius 2 is 1.87 bits per heavy atom. The van der Waals surface area contributed by atoms with Gasteiger partial charge < -0.3 is 15.4 Å². The fourth-order valence-corrected chi connectivity index (χ4v) is 2.94. The van der Waals surface area contributed by atoms with Crippen molar-refractivity contribution in [3.05, 3.63) is 65.9 Å². The monoisotopic (exact) mass is 406 g/mol. The van der Waals surface area contributed by atoms with Gasteiger partial charge in [0.05, 0.1) is 24.9 Å². The first-order chi connectivity index (χ1) is 14.5. The molecule has 0 aliphatic heterocycles. The van der Waals surface area contributed by atoms with E-state index in [2.05, 4.69) is 15.7 Å². The molecule has 0 aliphatic carbocycles. The summed E-state index contributed by atoms with van der Waals surface area (Å²) in [6.07, 6.45) is 2.52. The molecule has 0 atom stereocenters. The molecule has 2 amide bonds. The standard InChI is InChI=1S/C23H26N4O3/c1-4-12-24-21(28)14-25-23(29)20-15-27(18-10-8-16(2)9-11-18)26-22(20)17-6-5-7-19(13-17)30-3/h5-11,13,15H,4,12,14H2,1-3H3,(H,24,28)(H,25,29). The van der Waals surface area contributed by atoms with E-state index in [1.54, 1.807) is 18.0 Å². The molecule has 1 heterocycles. The lowest BCUT2D eigenvalue weighted by molar-refractivity contribution is -0.120. The summed E-state index contributed by atoms with van der Waals surface area (Å²) >= 11 is 0. The van der Waals surface area contributed by atoms with Crippen LogP contribution in [-0.4, -0.2) is 41.8 Å². The molecule has 0 radical (unpaired) electrons. The molecule has 0 spiro atoms. The van der Waals surface area contributed by atoms with E-state index < -0.39 is 0 Å². The zero-order valence-corrected chi connectivity index (χ0v) is 17.4. The van der Waals surface area contributed by atoms with Gasteiger partial charge in [-0.15, -0.1) is 0 Å². The number of hydrogen-bond donors (Lipinski definition) is 2. The minimum atomic E-state index is -0.363. The summed E-state index contributed by atoms with van der Waals surface area (Å²) in [5, 5.41) is 10.1. The molecule has 0 bridgehead atoms. The van der Waals surface area contributed by atoms with Gasteiger partial charge in [0.15, 0.2) is 0 Å². The van der Waals surface area contributed by atoms with Crippen LogP contribution in [0, 0.1) is 6.92 Å². The van der Waals surface area contributed by atoms with E-state index in [1.807, 2.05) is 62.4 Å². The number of carbonyl (C=O) groups excluding carboxylic acids is 2. The van der Waals surface area contributed by atoms with Crippen LogP contribution < -0.4 is 15.4 Å². The van der Waals surface area contributed by atoms with Crippen molar-refractivity contribution in [2.24, 2.45) is 0 Å². The van der Waals surface area contributed by atoms with Gasteiger partial charge in [0.1, 0.15) is 11.4 Å². The highest BCUT2D eigenvalue weighted by molar-refractivity contribution is 6.01. The van der Waals surface area contributed by atoms with Crippen molar-refractivity contribution in [1.82, 2.24) is 20.4 Å². The Bertz CT molecular complexity index is 1030. The number of aromatic nitrogens is 2. The maximum atomic E-state index is 12.9. The molecular weight excluding hydrogens is 380 g/mol. The molecule has 1 aromatic heterocycles. The van der Waals surface area contributed by atoms with Gasteiger partial charge in [-0.2, -0.15) is 5.10 Å². The Balaban J connectivity index is 1.93. The number of carbonyl (C=O) groups is 2. The third kappa shape index (κ3) is 5.05. The van der Waals surface area contributed by atoms with Crippen LogP contribution in [0.3, 0.4) is 0 Å². The molecule has 0 fully saturated rings. The Hall–Kier alpha value is -3.61. The van der Waals surface area contributed by atoms with Crippen LogP contribution in [0.5, 0.6) is 5.75 Å². The van der Waals surface area contributed by atoms with E-state index in [0.717, 1.165) is 23.2 Å². The van der Waals surface area contributed by atoms with Gasteiger partial charge in [0.2, 0.25) is 5.91 Å². The number of benzene rings is 2. The molecule has 2 N–H and O–H groups in total. The molecule has 0 saturated carbocycles. The Kier molecular flexibility index (Phi) is 6.85. The van der Waals surface area contributed by atoms with Gasteiger partial charge in [-0.1, -0.05) is 36.8 Å². The van der Waals surface area contributed by atoms with Crippen LogP contribution >= 0.6 is 0 Å². The first-order valence-corrected chi connectivity index (χ1v) is 9.88. The lowest BCUT2D eigenvalue weighted by Gasteiger charge is -2.07. The lowest BCUT2D eigenvalue weighted by atomic mass is 10.1. The third-order valence-corrected chi connectivity index (χ3v) is 4.58. The van der Waals surface area contributed by atoms with E-state index >= 15 is 0 Å². The molecule has 0 aliphatic rings. The average molecular weight is 406 g/mol. The van der Waals surface area contributed by atoms with Crippen LogP contribution in [-0.2, 0) is 4.79 Å². The summed E-state index contributed by atoms with van der Waals surface area (Å²) in [5.41, 5.74) is 3.62. The minimum absolute atomic E-state index is 0.0912. The van der Waals surface area contributed by atoms with E-state index in [1.165, 1.54) is 0 Å². The molecule has 30 heavy (non-hydrogen) atoms. The van der Waals surface area contributed by atoms with Crippen molar-refractivity contribution in [3.63, 3.8) is 0 Å². The molecule has 2 aromatic carbocycles. The summed E-state index contributed by atoms with van der Waals surface area (Å²) in [4.78, 5) is 24.8. The maximum Gasteiger partial charge on any atom is 0.255 e. The number of methoxy groups -OCH3 is 1. The second-order valence-electron chi connectivity index (χ2n) is 6.94. The molecule has 7 nitrogen and oxygen atoms in total. The fraction of sp³-hybridized carbons (Fsp3) is 0.261. The Labute approximate surface area is 176 Å². The van der Waals surface area contributed by atoms with E-state index in [9.17, 15) is 9.59 Å². The average Bonchev–Trinajstić information content (AvgIpc) is 3.22. The fourth-order valence-electron chi connectivity index (χ4n) is 2.94. The van der Waals surface area contributed by atoms with Crippen LogP contribution in [0.2, 0.25) is 0 Å². The van der Waals surface area contributed by atoms with Gasteiger partial charge in [0, 0.05) is 18.3 Å². The van der Waals surface area contributed by atoms with Gasteiger partial charge in [-0.25, -0.2) is 4.68 Å². The normalized spacial score (nSPS) is 10.5. The summed E-state index contributed by atoms with van der Waals surface area (Å²) in [5.74, 6) is 0.0829. The zero-order valence-electron chi connectivity index (χ0n) is 17.4. The summed E-state index contributed by atoms with van der Waals surface area (Å²) in [6, 6.07) is 15.2. The van der Waals surface area contributed by atoms with Crippen molar-refractivity contribution in [2.45, 2.75) is 20.3 Å². The van der Waals surface area contributed by atoms with Gasteiger partial charge >= 0.3 is 0 Å². The number of aryl methyl sites for hydroxylation is 1. The number of nitrogens with one attached hydrogen (secondary N) is 2. The molecule has 0 unspecified atom stereocenters. The van der Waals surface area contributed by atoms with Crippen LogP contribution in [0.4, 0.5) is 0 Å². The molecule has 3 aromatic rings. The number of hydrogen-bond acceptors (Lipinski definition) is 4. The maximum absolute atomic E-state index is 12.9. The summed E-state index contributed by atoms with van der Waals surface area (Å²) in [7, 11) is 1.59. The highest BCUT2D eigenvalue weighted by Crippen LogP contribution is 2.27. The lowest BCUT2D eigenvalue weighted by Crippen LogP contribution is -2.37. The van der Waals surface area contributed by atoms with Gasteiger partial charge in [0.25, 0.3) is 5.91 Å². The third-order valence-electron chi connectivity index (χ3n) is 4.58. The van der Waals surface area contributed by atoms with Crippen molar-refractivity contribution in [2.75, 3.05) is 20.2 Å². The first kappa shape index (κ1) is 21.1. The summed E-state index contributed by atoms with van der Waals surface area (Å²) in [6.45, 7) is 4.47. The quantitative estimate of drug-likeness (QED) is 0.602. The van der Waals surface area contributed by atoms with Crippen molar-refractivity contribution in [3.8, 4) is 22.7 Å². The highest BCUT2D eigenvalue weighted by atomic mass is 16.5. The summed E-state index contributed by atoms with van der Waals surface area (Å²) < 4.78 is 6.98. The predicted molar refractivity (Wildman–Crippen MR) is 116 cm³/mol. The molecular formula is C23H26N4O3. The van der Waals surface area contributed by atoms with Crippen molar-refractivity contribution >= 4 is 11.8 Å². The number of rotatable bonds is 8. The number of ether oxygens (including phenoxy) is 1. The van der Waals surface area contributed by atoms with Gasteiger partial charge in [-0.05, 0) is 37.6 Å². The first-order valence-electron chi connectivity index (χ1n) is 9.88. The second kappa shape index (κ2) is 9.73. The number of amides is 2. The second-order valence-corrected chi connectivity index (χ2v) is 6.94. The van der Waals surface area contributed by atoms with Crippen molar-refractivity contribution in [1.29, 1.82) is 0 Å². The van der Waals surface area contributed by atoms with E-state index in [4.69, 9.17) is 4.74 Å². The van der Waals surface area contributed by atoms with Crippen molar-refractivity contribution < 1.29 is 14.3 Å². The Morgan fingerprint density at radius 1 is 1.10 bits per heavy atom.